The maximum absolute atomic E-state index is 12.3. The van der Waals surface area contributed by atoms with E-state index in [0.29, 0.717) is 28.1 Å². The third-order valence-corrected chi connectivity index (χ3v) is 4.81. The van der Waals surface area contributed by atoms with Crippen LogP contribution in [0.2, 0.25) is 0 Å². The Bertz CT molecular complexity index is 615. The Morgan fingerprint density at radius 3 is 2.56 bits per heavy atom. The van der Waals surface area contributed by atoms with E-state index >= 15 is 0 Å². The molecule has 0 saturated heterocycles. The van der Waals surface area contributed by atoms with Crippen LogP contribution in [0.15, 0.2) is 16.6 Å². The molecule has 0 spiro atoms. The lowest BCUT2D eigenvalue weighted by Gasteiger charge is -2.21. The number of hydrogen-bond acceptors (Lipinski definition) is 4. The van der Waals surface area contributed by atoms with Gasteiger partial charge in [-0.15, -0.1) is 0 Å². The van der Waals surface area contributed by atoms with Gasteiger partial charge in [-0.1, -0.05) is 26.2 Å². The summed E-state index contributed by atoms with van der Waals surface area (Å²) in [4.78, 5) is 24.5. The number of carbonyl (C=O) groups is 2. The third kappa shape index (κ3) is 5.36. The average molecular weight is 413 g/mol. The largest absolute Gasteiger partial charge is 0.493 e. The summed E-state index contributed by atoms with van der Waals surface area (Å²) in [6.07, 6.45) is 5.93. The second kappa shape index (κ2) is 9.65. The van der Waals surface area contributed by atoms with Crippen LogP contribution in [0.3, 0.4) is 0 Å². The number of nitrogens with one attached hydrogen (secondary N) is 2. The zero-order chi connectivity index (χ0) is 18.2. The van der Waals surface area contributed by atoms with Gasteiger partial charge in [0.25, 0.3) is 5.91 Å². The molecule has 0 radical (unpaired) electrons. The summed E-state index contributed by atoms with van der Waals surface area (Å²) < 4.78 is 11.6. The zero-order valence-corrected chi connectivity index (χ0v) is 16.3. The van der Waals surface area contributed by atoms with Gasteiger partial charge in [0.05, 0.1) is 18.2 Å². The summed E-state index contributed by atoms with van der Waals surface area (Å²) in [6.45, 7) is 2.56. The minimum Gasteiger partial charge on any atom is -0.493 e. The Morgan fingerprint density at radius 1 is 1.20 bits per heavy atom. The van der Waals surface area contributed by atoms with Crippen LogP contribution in [0.4, 0.5) is 0 Å². The molecule has 25 heavy (non-hydrogen) atoms. The minimum absolute atomic E-state index is 0.0138. The van der Waals surface area contributed by atoms with Crippen molar-refractivity contribution in [2.75, 3.05) is 13.7 Å². The van der Waals surface area contributed by atoms with E-state index in [1.807, 2.05) is 6.92 Å². The monoisotopic (exact) mass is 412 g/mol. The molecule has 6 nitrogen and oxygen atoms in total. The second-order valence-electron chi connectivity index (χ2n) is 6.12. The van der Waals surface area contributed by atoms with Gasteiger partial charge in [-0.05, 0) is 47.3 Å². The number of halogens is 1. The molecule has 0 heterocycles. The fourth-order valence-corrected chi connectivity index (χ4v) is 3.41. The van der Waals surface area contributed by atoms with Crippen LogP contribution in [0.25, 0.3) is 0 Å². The van der Waals surface area contributed by atoms with Crippen molar-refractivity contribution in [3.05, 3.63) is 22.2 Å². The van der Waals surface area contributed by atoms with Gasteiger partial charge in [-0.3, -0.25) is 20.4 Å². The number of benzene rings is 1. The van der Waals surface area contributed by atoms with Crippen molar-refractivity contribution >= 4 is 27.7 Å². The number of amides is 2. The van der Waals surface area contributed by atoms with Gasteiger partial charge in [0, 0.05) is 11.5 Å². The predicted molar refractivity (Wildman–Crippen MR) is 98.7 cm³/mol. The lowest BCUT2D eigenvalue weighted by molar-refractivity contribution is -0.126. The molecule has 2 N–H and O–H groups in total. The van der Waals surface area contributed by atoms with Crippen molar-refractivity contribution in [1.29, 1.82) is 0 Å². The molecule has 1 aromatic carbocycles. The highest BCUT2D eigenvalue weighted by Gasteiger charge is 2.22. The van der Waals surface area contributed by atoms with Gasteiger partial charge in [-0.25, -0.2) is 0 Å². The molecule has 2 rings (SSSR count). The Labute approximate surface area is 156 Å². The average Bonchev–Trinajstić information content (AvgIpc) is 2.64. The summed E-state index contributed by atoms with van der Waals surface area (Å²) in [5.41, 5.74) is 5.38. The molecule has 0 bridgehead atoms. The standard InChI is InChI=1S/C18H25BrN2O4/c1-3-9-25-16-14(19)10-13(11-15(16)24-2)18(23)21-20-17(22)12-7-5-4-6-8-12/h10-12H,3-9H2,1-2H3,(H,20,22)(H,21,23). The van der Waals surface area contributed by atoms with E-state index in [2.05, 4.69) is 26.8 Å². The number of methoxy groups -OCH3 is 1. The van der Waals surface area contributed by atoms with Gasteiger partial charge >= 0.3 is 0 Å². The highest BCUT2D eigenvalue weighted by Crippen LogP contribution is 2.36. The Hall–Kier alpha value is -1.76. The normalized spacial score (nSPS) is 14.7. The highest BCUT2D eigenvalue weighted by molar-refractivity contribution is 9.10. The van der Waals surface area contributed by atoms with Crippen molar-refractivity contribution in [3.63, 3.8) is 0 Å². The SMILES string of the molecule is CCCOc1c(Br)cc(C(=O)NNC(=O)C2CCCCC2)cc1OC. The summed E-state index contributed by atoms with van der Waals surface area (Å²) in [5, 5.41) is 0. The van der Waals surface area contributed by atoms with Crippen LogP contribution in [-0.2, 0) is 4.79 Å². The van der Waals surface area contributed by atoms with Crippen LogP contribution >= 0.6 is 15.9 Å². The predicted octanol–water partition coefficient (Wildman–Crippen LogP) is 3.59. The molecule has 1 aliphatic rings. The lowest BCUT2D eigenvalue weighted by Crippen LogP contribution is -2.45. The lowest BCUT2D eigenvalue weighted by atomic mass is 9.89. The van der Waals surface area contributed by atoms with Crippen molar-refractivity contribution in [2.24, 2.45) is 5.92 Å². The second-order valence-corrected chi connectivity index (χ2v) is 6.97. The third-order valence-electron chi connectivity index (χ3n) is 4.22. The van der Waals surface area contributed by atoms with E-state index in [4.69, 9.17) is 9.47 Å². The summed E-state index contributed by atoms with van der Waals surface area (Å²) in [7, 11) is 1.52. The Kier molecular flexibility index (Phi) is 7.55. The maximum Gasteiger partial charge on any atom is 0.269 e. The van der Waals surface area contributed by atoms with Crippen LogP contribution in [-0.4, -0.2) is 25.5 Å². The molecule has 2 amide bonds. The van der Waals surface area contributed by atoms with Gasteiger partial charge in [0.1, 0.15) is 0 Å². The molecule has 1 aromatic rings. The number of rotatable bonds is 6. The minimum atomic E-state index is -0.398. The van der Waals surface area contributed by atoms with Crippen molar-refractivity contribution in [2.45, 2.75) is 45.4 Å². The van der Waals surface area contributed by atoms with E-state index in [9.17, 15) is 9.59 Å². The molecule has 0 atom stereocenters. The van der Waals surface area contributed by atoms with E-state index < -0.39 is 5.91 Å². The van der Waals surface area contributed by atoms with E-state index in [1.54, 1.807) is 12.1 Å². The van der Waals surface area contributed by atoms with E-state index in [-0.39, 0.29) is 11.8 Å². The summed E-state index contributed by atoms with van der Waals surface area (Å²) in [6, 6.07) is 3.24. The summed E-state index contributed by atoms with van der Waals surface area (Å²) >= 11 is 3.41. The molecule has 0 unspecified atom stereocenters. The highest BCUT2D eigenvalue weighted by atomic mass is 79.9. The summed E-state index contributed by atoms with van der Waals surface area (Å²) in [5.74, 6) is 0.492. The first-order valence-electron chi connectivity index (χ1n) is 8.67. The van der Waals surface area contributed by atoms with Crippen LogP contribution in [0, 0.1) is 5.92 Å². The molecule has 1 aliphatic carbocycles. The fourth-order valence-electron chi connectivity index (χ4n) is 2.85. The Balaban J connectivity index is 2.00. The first kappa shape index (κ1) is 19.6. The number of hydrazine groups is 1. The first-order chi connectivity index (χ1) is 12.1. The molecular formula is C18H25BrN2O4. The molecule has 1 saturated carbocycles. The van der Waals surface area contributed by atoms with Crippen LogP contribution in [0.1, 0.15) is 55.8 Å². The first-order valence-corrected chi connectivity index (χ1v) is 9.46. The molecule has 0 aromatic heterocycles. The zero-order valence-electron chi connectivity index (χ0n) is 14.7. The number of carbonyl (C=O) groups excluding carboxylic acids is 2. The van der Waals surface area contributed by atoms with Gasteiger partial charge in [0.15, 0.2) is 11.5 Å². The maximum atomic E-state index is 12.3. The number of hydrogen-bond donors (Lipinski definition) is 2. The fraction of sp³-hybridized carbons (Fsp3) is 0.556. The van der Waals surface area contributed by atoms with Gasteiger partial charge < -0.3 is 9.47 Å². The van der Waals surface area contributed by atoms with Crippen LogP contribution in [0.5, 0.6) is 11.5 Å². The molecular weight excluding hydrogens is 388 g/mol. The quantitative estimate of drug-likeness (QED) is 0.699. The molecule has 0 aliphatic heterocycles. The topological polar surface area (TPSA) is 76.7 Å². The van der Waals surface area contributed by atoms with Crippen molar-refractivity contribution in [3.8, 4) is 11.5 Å². The molecule has 1 fully saturated rings. The number of ether oxygens (including phenoxy) is 2. The smallest absolute Gasteiger partial charge is 0.269 e. The Morgan fingerprint density at radius 2 is 1.92 bits per heavy atom. The van der Waals surface area contributed by atoms with E-state index in [0.717, 1.165) is 32.1 Å². The van der Waals surface area contributed by atoms with Crippen molar-refractivity contribution in [1.82, 2.24) is 10.9 Å². The van der Waals surface area contributed by atoms with Crippen molar-refractivity contribution < 1.29 is 19.1 Å². The van der Waals surface area contributed by atoms with Gasteiger partial charge in [0.2, 0.25) is 5.91 Å². The van der Waals surface area contributed by atoms with Crippen LogP contribution < -0.4 is 20.3 Å². The molecule has 138 valence electrons. The van der Waals surface area contributed by atoms with E-state index in [1.165, 1.54) is 13.5 Å². The van der Waals surface area contributed by atoms with Gasteiger partial charge in [-0.2, -0.15) is 0 Å². The molecule has 7 heteroatoms.